The van der Waals surface area contributed by atoms with Crippen LogP contribution in [0.25, 0.3) is 22.5 Å². The van der Waals surface area contributed by atoms with Gasteiger partial charge in [0.1, 0.15) is 28.0 Å². The van der Waals surface area contributed by atoms with Crippen LogP contribution in [-0.2, 0) is 44.4 Å². The number of methoxy groups -OCH3 is 3. The first-order valence-electron chi connectivity index (χ1n) is 21.2. The van der Waals surface area contributed by atoms with E-state index >= 15 is 16.8 Å². The summed E-state index contributed by atoms with van der Waals surface area (Å²) < 4.78 is 87.7. The fourth-order valence-corrected chi connectivity index (χ4v) is 10.8. The van der Waals surface area contributed by atoms with Crippen LogP contribution in [0.1, 0.15) is 50.3 Å². The summed E-state index contributed by atoms with van der Waals surface area (Å²) >= 11 is 0. The summed E-state index contributed by atoms with van der Waals surface area (Å²) in [6.45, 7) is 4.92. The Morgan fingerprint density at radius 3 is 1.79 bits per heavy atom. The van der Waals surface area contributed by atoms with Crippen LogP contribution in [-0.4, -0.2) is 96.8 Å². The van der Waals surface area contributed by atoms with Crippen LogP contribution in [0.15, 0.2) is 108 Å². The molecule has 2 aromatic heterocycles. The molecule has 4 aromatic carbocycles. The van der Waals surface area contributed by atoms with E-state index in [1.54, 1.807) is 79.9 Å². The predicted molar refractivity (Wildman–Crippen MR) is 252 cm³/mol. The van der Waals surface area contributed by atoms with Gasteiger partial charge in [0.2, 0.25) is 15.8 Å². The van der Waals surface area contributed by atoms with Gasteiger partial charge in [0.25, 0.3) is 15.1 Å². The fourth-order valence-electron chi connectivity index (χ4n) is 7.41. The molecule has 1 amide bonds. The van der Waals surface area contributed by atoms with Gasteiger partial charge in [-0.25, -0.2) is 26.6 Å². The Bertz CT molecular complexity index is 2860. The molecule has 1 saturated heterocycles. The van der Waals surface area contributed by atoms with E-state index in [9.17, 15) is 4.79 Å². The summed E-state index contributed by atoms with van der Waals surface area (Å²) in [5.41, 5.74) is 13.3. The van der Waals surface area contributed by atoms with Crippen molar-refractivity contribution < 1.29 is 40.6 Å². The van der Waals surface area contributed by atoms with E-state index in [0.717, 1.165) is 5.56 Å². The highest BCUT2D eigenvalue weighted by molar-refractivity contribution is 7.94. The smallest absolute Gasteiger partial charge is 0.412 e. The largest absolute Gasteiger partial charge is 0.497 e. The molecular weight excluding hydrogens is 901 g/mol. The van der Waals surface area contributed by atoms with Crippen LogP contribution < -0.4 is 30.4 Å². The second-order valence-corrected chi connectivity index (χ2v) is 20.6. The number of sulfonamides is 2. The van der Waals surface area contributed by atoms with Crippen molar-refractivity contribution in [3.8, 4) is 39.8 Å². The van der Waals surface area contributed by atoms with Gasteiger partial charge in [0.05, 0.1) is 39.1 Å². The van der Waals surface area contributed by atoms with E-state index in [0.29, 0.717) is 59.9 Å². The summed E-state index contributed by atoms with van der Waals surface area (Å²) in [4.78, 5) is 19.9. The number of nitrogens with zero attached hydrogens (tertiary/aromatic N) is 7. The maximum absolute atomic E-state index is 16.1. The van der Waals surface area contributed by atoms with Crippen LogP contribution in [0.4, 0.5) is 16.3 Å². The molecule has 21 heteroatoms. The van der Waals surface area contributed by atoms with E-state index < -0.39 is 47.2 Å². The summed E-state index contributed by atoms with van der Waals surface area (Å²) in [7, 11) is -5.39. The molecule has 6 aromatic rings. The molecule has 3 heterocycles. The summed E-state index contributed by atoms with van der Waals surface area (Å²) in [6, 6.07) is 26.9. The van der Waals surface area contributed by atoms with Gasteiger partial charge >= 0.3 is 6.09 Å². The molecule has 354 valence electrons. The Labute approximate surface area is 390 Å². The Balaban J connectivity index is 1.47. The van der Waals surface area contributed by atoms with Gasteiger partial charge in [0.15, 0.2) is 0 Å². The van der Waals surface area contributed by atoms with Crippen LogP contribution in [0, 0.1) is 5.41 Å². The number of likely N-dealkylation sites (tertiary alicyclic amines) is 1. The fraction of sp³-hybridized carbons (Fsp3) is 0.326. The summed E-state index contributed by atoms with van der Waals surface area (Å²) in [6.07, 6.45) is 1.93. The molecule has 19 nitrogen and oxygen atoms in total. The Kier molecular flexibility index (Phi) is 14.1. The standard InChI is InChI=1S/C46H54N10O9S2/c1-45(2,3)46(48,65-44(57)54-25-7-8-26-54)67(60,61)52-39-23-22-38(34-15-24-40(47)49-27-34)41(43-50-53-56(51-43)30-33-13-20-37(64-6)21-14-33)42(39)66(58,59)55(28-31-9-16-35(62-4)17-10-31)29-32-11-18-36(63-5)19-12-32/h9-24,27,52H,7-8,25-26,28-30,48H2,1-6H3,(H2,47,49)/t46-/m0/s1. The predicted octanol–water partition coefficient (Wildman–Crippen LogP) is 6.08. The number of ether oxygens (including phenoxy) is 4. The van der Waals surface area contributed by atoms with Crippen molar-refractivity contribution in [3.05, 3.63) is 120 Å². The zero-order valence-corrected chi connectivity index (χ0v) is 39.7. The summed E-state index contributed by atoms with van der Waals surface area (Å²) in [5.74, 6) is 1.76. The number of hydrogen-bond acceptors (Lipinski definition) is 15. The molecule has 1 atom stereocenters. The molecule has 0 unspecified atom stereocenters. The van der Waals surface area contributed by atoms with Gasteiger partial charge in [-0.05, 0) is 94.9 Å². The molecule has 0 radical (unpaired) electrons. The Hall–Kier alpha value is -6.81. The number of nitrogens with one attached hydrogen (secondary N) is 1. The third kappa shape index (κ3) is 10.4. The molecule has 1 aliphatic rings. The topological polar surface area (TPSA) is 249 Å². The number of nitrogen functional groups attached to an aromatic ring is 1. The molecule has 1 fully saturated rings. The van der Waals surface area contributed by atoms with Gasteiger partial charge in [0, 0.05) is 43.4 Å². The lowest BCUT2D eigenvalue weighted by Crippen LogP contribution is -2.63. The molecule has 7 rings (SSSR count). The number of aromatic nitrogens is 5. The van der Waals surface area contributed by atoms with Crippen molar-refractivity contribution in [2.45, 2.75) is 63.2 Å². The number of hydrogen-bond donors (Lipinski definition) is 3. The van der Waals surface area contributed by atoms with Crippen molar-refractivity contribution in [3.63, 3.8) is 0 Å². The molecule has 0 saturated carbocycles. The van der Waals surface area contributed by atoms with Crippen LogP contribution >= 0.6 is 0 Å². The van der Waals surface area contributed by atoms with Crippen molar-refractivity contribution >= 4 is 37.6 Å². The first kappa shape index (κ1) is 48.1. The molecule has 67 heavy (non-hydrogen) atoms. The van der Waals surface area contributed by atoms with Crippen molar-refractivity contribution in [1.82, 2.24) is 34.4 Å². The average Bonchev–Trinajstić information content (AvgIpc) is 4.03. The van der Waals surface area contributed by atoms with Gasteiger partial charge in [-0.2, -0.15) is 9.10 Å². The minimum Gasteiger partial charge on any atom is -0.497 e. The zero-order chi connectivity index (χ0) is 48.1. The van der Waals surface area contributed by atoms with Gasteiger partial charge < -0.3 is 29.6 Å². The van der Waals surface area contributed by atoms with Crippen LogP contribution in [0.5, 0.6) is 17.2 Å². The SMILES string of the molecule is COc1ccc(CN(Cc2ccc(OC)cc2)S(=O)(=O)c2c(NS(=O)(=O)[C@@](N)(OC(=O)N3CCCC3)C(C)(C)C)ccc(-c3ccc(N)nc3)c2-c2nnn(Cc3ccc(OC)cc3)n2)cc1. The lowest BCUT2D eigenvalue weighted by atomic mass is 9.94. The number of carbonyl (C=O) groups excluding carboxylic acids is 1. The highest BCUT2D eigenvalue weighted by Gasteiger charge is 2.55. The minimum atomic E-state index is -5.08. The molecule has 1 aliphatic heterocycles. The number of tetrazole rings is 1. The Morgan fingerprint density at radius 2 is 1.30 bits per heavy atom. The second kappa shape index (κ2) is 19.6. The number of amides is 1. The van der Waals surface area contributed by atoms with E-state index in [4.69, 9.17) is 35.5 Å². The van der Waals surface area contributed by atoms with Gasteiger partial charge in [-0.1, -0.05) is 63.2 Å². The maximum Gasteiger partial charge on any atom is 0.412 e. The quantitative estimate of drug-likeness (QED) is 0.0877. The molecule has 0 spiro atoms. The third-order valence-electron chi connectivity index (χ3n) is 11.3. The van der Waals surface area contributed by atoms with E-state index in [1.165, 1.54) is 67.3 Å². The number of benzene rings is 4. The monoisotopic (exact) mass is 954 g/mol. The highest BCUT2D eigenvalue weighted by atomic mass is 32.2. The molecule has 0 aliphatic carbocycles. The highest BCUT2D eigenvalue weighted by Crippen LogP contribution is 2.44. The van der Waals surface area contributed by atoms with Gasteiger partial charge in [-0.15, -0.1) is 10.2 Å². The Morgan fingerprint density at radius 1 is 0.761 bits per heavy atom. The van der Waals surface area contributed by atoms with Crippen LogP contribution in [0.2, 0.25) is 0 Å². The minimum absolute atomic E-state index is 0.120. The van der Waals surface area contributed by atoms with Crippen LogP contribution in [0.3, 0.4) is 0 Å². The molecular formula is C46H54N10O9S2. The first-order valence-corrected chi connectivity index (χ1v) is 24.1. The molecule has 5 N–H and O–H groups in total. The third-order valence-corrected chi connectivity index (χ3v) is 15.2. The first-order chi connectivity index (χ1) is 31.8. The van der Waals surface area contributed by atoms with Crippen molar-refractivity contribution in [2.75, 3.05) is 44.9 Å². The lowest BCUT2D eigenvalue weighted by Gasteiger charge is -2.40. The number of carbonyl (C=O) groups is 1. The number of rotatable bonds is 17. The van der Waals surface area contributed by atoms with Crippen molar-refractivity contribution in [2.24, 2.45) is 11.1 Å². The summed E-state index contributed by atoms with van der Waals surface area (Å²) in [5, 5.41) is 10.7. The molecule has 0 bridgehead atoms. The number of pyridine rings is 1. The normalized spacial score (nSPS) is 14.1. The lowest BCUT2D eigenvalue weighted by molar-refractivity contribution is -0.0143. The van der Waals surface area contributed by atoms with Crippen molar-refractivity contribution in [1.29, 1.82) is 0 Å². The van der Waals surface area contributed by atoms with Gasteiger partial charge in [-0.3, -0.25) is 10.5 Å². The average molecular weight is 955 g/mol. The number of anilines is 2. The van der Waals surface area contributed by atoms with E-state index in [2.05, 4.69) is 20.0 Å². The zero-order valence-electron chi connectivity index (χ0n) is 38.0. The second-order valence-electron chi connectivity index (χ2n) is 16.9. The van der Waals surface area contributed by atoms with E-state index in [-0.39, 0.29) is 42.4 Å². The van der Waals surface area contributed by atoms with E-state index in [1.807, 2.05) is 12.1 Å². The maximum atomic E-state index is 16.1. The number of nitrogens with two attached hydrogens (primary N) is 2.